The van der Waals surface area contributed by atoms with Gasteiger partial charge in [-0.25, -0.2) is 0 Å². The third-order valence-electron chi connectivity index (χ3n) is 3.01. The molecule has 0 amide bonds. The Hall–Kier alpha value is -0.760. The van der Waals surface area contributed by atoms with E-state index in [1.54, 1.807) is 0 Å². The quantitative estimate of drug-likeness (QED) is 0.732. The summed E-state index contributed by atoms with van der Waals surface area (Å²) < 4.78 is 2.02. The molecule has 0 spiro atoms. The molecule has 0 N–H and O–H groups in total. The van der Waals surface area contributed by atoms with Crippen molar-refractivity contribution in [1.29, 1.82) is 0 Å². The molecule has 1 aliphatic carbocycles. The third-order valence-corrected chi connectivity index (χ3v) is 3.36. The van der Waals surface area contributed by atoms with Crippen LogP contribution in [-0.4, -0.2) is 15.2 Å². The number of halogens is 1. The van der Waals surface area contributed by atoms with E-state index in [1.165, 1.54) is 24.0 Å². The summed E-state index contributed by atoms with van der Waals surface area (Å²) in [4.78, 5) is 0. The highest BCUT2D eigenvalue weighted by Gasteiger charge is 2.12. The highest BCUT2D eigenvalue weighted by molar-refractivity contribution is 6.22. The van der Waals surface area contributed by atoms with Gasteiger partial charge in [0.2, 0.25) is 0 Å². The Morgan fingerprint density at radius 1 is 1.50 bits per heavy atom. The molecule has 0 bridgehead atoms. The Morgan fingerprint density at radius 3 is 3.19 bits per heavy atom. The van der Waals surface area contributed by atoms with E-state index in [0.29, 0.717) is 0 Å². The molecular weight excluding hydrogens is 220 g/mol. The summed E-state index contributed by atoms with van der Waals surface area (Å²) >= 11 is 6.23. The number of hydrogen-bond donors (Lipinski definition) is 0. The van der Waals surface area contributed by atoms with Crippen molar-refractivity contribution in [2.75, 3.05) is 0 Å². The van der Waals surface area contributed by atoms with Gasteiger partial charge in [-0.05, 0) is 31.3 Å². The second-order valence-corrected chi connectivity index (χ2v) is 5.01. The zero-order chi connectivity index (χ0) is 11.4. The summed E-state index contributed by atoms with van der Waals surface area (Å²) in [5, 5.41) is 4.57. The number of alkyl halides is 1. The van der Waals surface area contributed by atoms with Gasteiger partial charge in [-0.3, -0.25) is 4.68 Å². The lowest BCUT2D eigenvalue weighted by Crippen LogP contribution is -1.95. The molecule has 0 aliphatic heterocycles. The van der Waals surface area contributed by atoms with Crippen LogP contribution in [0.2, 0.25) is 0 Å². The highest BCUT2D eigenvalue weighted by Crippen LogP contribution is 2.27. The molecule has 3 heteroatoms. The SMILES string of the molecule is CCCn1cc(C2=CC(Cl)CCCC2)cn1. The summed E-state index contributed by atoms with van der Waals surface area (Å²) in [6.45, 7) is 3.17. The lowest BCUT2D eigenvalue weighted by molar-refractivity contribution is 0.602. The van der Waals surface area contributed by atoms with Crippen molar-refractivity contribution in [2.45, 2.75) is 50.9 Å². The number of rotatable bonds is 3. The van der Waals surface area contributed by atoms with Crippen molar-refractivity contribution in [3.63, 3.8) is 0 Å². The third kappa shape index (κ3) is 2.88. The predicted molar refractivity (Wildman–Crippen MR) is 68.6 cm³/mol. The summed E-state index contributed by atoms with van der Waals surface area (Å²) in [5.41, 5.74) is 2.63. The maximum absolute atomic E-state index is 6.23. The number of allylic oxidation sites excluding steroid dienone is 2. The Labute approximate surface area is 102 Å². The normalized spacial score (nSPS) is 21.6. The first-order valence-corrected chi connectivity index (χ1v) is 6.61. The zero-order valence-electron chi connectivity index (χ0n) is 9.82. The number of aromatic nitrogens is 2. The van der Waals surface area contributed by atoms with Gasteiger partial charge in [-0.15, -0.1) is 11.6 Å². The van der Waals surface area contributed by atoms with Crippen molar-refractivity contribution in [3.05, 3.63) is 24.0 Å². The summed E-state index contributed by atoms with van der Waals surface area (Å²) in [5.74, 6) is 0. The van der Waals surface area contributed by atoms with Crippen LogP contribution in [0.15, 0.2) is 18.5 Å². The molecule has 2 nitrogen and oxygen atoms in total. The van der Waals surface area contributed by atoms with Crippen LogP contribution in [0.1, 0.15) is 44.6 Å². The van der Waals surface area contributed by atoms with Gasteiger partial charge in [0.25, 0.3) is 0 Å². The minimum Gasteiger partial charge on any atom is -0.272 e. The van der Waals surface area contributed by atoms with Gasteiger partial charge >= 0.3 is 0 Å². The van der Waals surface area contributed by atoms with Crippen LogP contribution in [-0.2, 0) is 6.54 Å². The van der Waals surface area contributed by atoms with Gasteiger partial charge < -0.3 is 0 Å². The standard InChI is InChI=1S/C13H19ClN2/c1-2-7-16-10-12(9-15-16)11-5-3-4-6-13(14)8-11/h8-10,13H,2-7H2,1H3. The van der Waals surface area contributed by atoms with Gasteiger partial charge in [0.15, 0.2) is 0 Å². The molecule has 1 atom stereocenters. The molecule has 0 saturated carbocycles. The topological polar surface area (TPSA) is 17.8 Å². The molecule has 16 heavy (non-hydrogen) atoms. The molecule has 0 fully saturated rings. The molecule has 1 aromatic rings. The van der Waals surface area contributed by atoms with E-state index < -0.39 is 0 Å². The van der Waals surface area contributed by atoms with Crippen molar-refractivity contribution >= 4 is 17.2 Å². The fourth-order valence-corrected chi connectivity index (χ4v) is 2.47. The summed E-state index contributed by atoms with van der Waals surface area (Å²) in [6, 6.07) is 0. The Bertz CT molecular complexity index is 368. The van der Waals surface area contributed by atoms with Crippen molar-refractivity contribution in [2.24, 2.45) is 0 Å². The van der Waals surface area contributed by atoms with Gasteiger partial charge in [0.1, 0.15) is 0 Å². The van der Waals surface area contributed by atoms with Crippen molar-refractivity contribution in [3.8, 4) is 0 Å². The summed E-state index contributed by atoms with van der Waals surface area (Å²) in [6.07, 6.45) is 12.2. The Balaban J connectivity index is 2.14. The van der Waals surface area contributed by atoms with Crippen LogP contribution in [0.3, 0.4) is 0 Å². The zero-order valence-corrected chi connectivity index (χ0v) is 10.6. The Kier molecular flexibility index (Phi) is 4.05. The van der Waals surface area contributed by atoms with Gasteiger partial charge in [0.05, 0.1) is 11.6 Å². The molecule has 1 unspecified atom stereocenters. The van der Waals surface area contributed by atoms with Crippen LogP contribution in [0.25, 0.3) is 5.57 Å². The maximum Gasteiger partial charge on any atom is 0.0564 e. The van der Waals surface area contributed by atoms with E-state index in [1.807, 2.05) is 10.9 Å². The largest absolute Gasteiger partial charge is 0.272 e. The molecule has 1 aromatic heterocycles. The van der Waals surface area contributed by atoms with Crippen LogP contribution in [0.4, 0.5) is 0 Å². The first-order chi connectivity index (χ1) is 7.79. The molecule has 1 aliphatic rings. The van der Waals surface area contributed by atoms with Crippen LogP contribution >= 0.6 is 11.6 Å². The van der Waals surface area contributed by atoms with E-state index in [4.69, 9.17) is 11.6 Å². The predicted octanol–water partition coefficient (Wildman–Crippen LogP) is 3.86. The van der Waals surface area contributed by atoms with E-state index in [0.717, 1.165) is 25.8 Å². The first kappa shape index (κ1) is 11.7. The van der Waals surface area contributed by atoms with Crippen molar-refractivity contribution in [1.82, 2.24) is 9.78 Å². The Morgan fingerprint density at radius 2 is 2.38 bits per heavy atom. The van der Waals surface area contributed by atoms with E-state index in [-0.39, 0.29) is 5.38 Å². The monoisotopic (exact) mass is 238 g/mol. The van der Waals surface area contributed by atoms with Crippen LogP contribution < -0.4 is 0 Å². The molecule has 2 rings (SSSR count). The van der Waals surface area contributed by atoms with E-state index in [9.17, 15) is 0 Å². The number of aryl methyl sites for hydroxylation is 1. The molecule has 0 saturated heterocycles. The van der Waals surface area contributed by atoms with Crippen LogP contribution in [0.5, 0.6) is 0 Å². The van der Waals surface area contributed by atoms with Crippen molar-refractivity contribution < 1.29 is 0 Å². The summed E-state index contributed by atoms with van der Waals surface area (Å²) in [7, 11) is 0. The number of nitrogens with zero attached hydrogens (tertiary/aromatic N) is 2. The van der Waals surface area contributed by atoms with E-state index in [2.05, 4.69) is 24.3 Å². The molecular formula is C13H19ClN2. The first-order valence-electron chi connectivity index (χ1n) is 6.17. The highest BCUT2D eigenvalue weighted by atomic mass is 35.5. The minimum absolute atomic E-state index is 0.201. The minimum atomic E-state index is 0.201. The van der Waals surface area contributed by atoms with E-state index >= 15 is 0 Å². The second-order valence-electron chi connectivity index (χ2n) is 4.45. The smallest absolute Gasteiger partial charge is 0.0564 e. The number of hydrogen-bond acceptors (Lipinski definition) is 1. The van der Waals surface area contributed by atoms with Gasteiger partial charge in [-0.2, -0.15) is 5.10 Å². The molecule has 88 valence electrons. The lowest BCUT2D eigenvalue weighted by Gasteiger charge is -2.02. The molecule has 1 heterocycles. The fourth-order valence-electron chi connectivity index (χ4n) is 2.16. The molecule has 0 radical (unpaired) electrons. The van der Waals surface area contributed by atoms with Gasteiger partial charge in [0, 0.05) is 18.3 Å². The average molecular weight is 239 g/mol. The second kappa shape index (κ2) is 5.53. The average Bonchev–Trinajstić information content (AvgIpc) is 2.61. The lowest BCUT2D eigenvalue weighted by atomic mass is 10.1. The van der Waals surface area contributed by atoms with Crippen LogP contribution in [0, 0.1) is 0 Å². The fraction of sp³-hybridized carbons (Fsp3) is 0.615. The molecule has 0 aromatic carbocycles. The van der Waals surface area contributed by atoms with Gasteiger partial charge in [-0.1, -0.05) is 19.4 Å². The maximum atomic E-state index is 6.23.